The maximum absolute atomic E-state index is 10.8. The van der Waals surface area contributed by atoms with E-state index in [1.165, 1.54) is 6.08 Å². The first-order chi connectivity index (χ1) is 8.65. The molecule has 1 unspecified atom stereocenters. The van der Waals surface area contributed by atoms with E-state index >= 15 is 0 Å². The molecule has 0 radical (unpaired) electrons. The summed E-state index contributed by atoms with van der Waals surface area (Å²) in [6.45, 7) is 5.28. The molecule has 106 valence electrons. The molecule has 0 aliphatic heterocycles. The third kappa shape index (κ3) is 14.8. The van der Waals surface area contributed by atoms with E-state index in [2.05, 4.69) is 17.9 Å². The van der Waals surface area contributed by atoms with E-state index in [9.17, 15) is 4.79 Å². The first-order valence-electron chi connectivity index (χ1n) is 5.15. The molecule has 7 heteroatoms. The van der Waals surface area contributed by atoms with Crippen molar-refractivity contribution in [2.24, 2.45) is 0 Å². The van der Waals surface area contributed by atoms with Gasteiger partial charge in [-0.2, -0.15) is 0 Å². The van der Waals surface area contributed by atoms with E-state index in [0.29, 0.717) is 0 Å². The second kappa shape index (κ2) is 15.8. The summed E-state index contributed by atoms with van der Waals surface area (Å²) in [5, 5.41) is 23.7. The summed E-state index contributed by atoms with van der Waals surface area (Å²) in [6.07, 6.45) is 2.48. The first-order valence-corrected chi connectivity index (χ1v) is 5.15. The van der Waals surface area contributed by atoms with Crippen LogP contribution in [0.3, 0.4) is 0 Å². The van der Waals surface area contributed by atoms with Gasteiger partial charge in [-0.1, -0.05) is 12.7 Å². The summed E-state index contributed by atoms with van der Waals surface area (Å²) in [7, 11) is 0. The Hall–Kier alpha value is -1.25. The molecule has 0 amide bonds. The highest BCUT2D eigenvalue weighted by Crippen LogP contribution is 1.98. The van der Waals surface area contributed by atoms with E-state index in [-0.39, 0.29) is 33.0 Å². The lowest BCUT2D eigenvalue weighted by molar-refractivity contribution is -0.271. The molecule has 0 rings (SSSR count). The highest BCUT2D eigenvalue weighted by molar-refractivity contribution is 5.81. The fraction of sp³-hybridized carbons (Fsp3) is 0.545. The van der Waals surface area contributed by atoms with Crippen LogP contribution in [0.5, 0.6) is 0 Å². The Morgan fingerprint density at radius 1 is 1.11 bits per heavy atom. The van der Waals surface area contributed by atoms with Gasteiger partial charge in [-0.15, -0.1) is 6.58 Å². The van der Waals surface area contributed by atoms with Crippen LogP contribution in [0.4, 0.5) is 0 Å². The van der Waals surface area contributed by atoms with Gasteiger partial charge in [-0.05, 0) is 0 Å². The average molecular weight is 264 g/mol. The maximum atomic E-state index is 10.8. The van der Waals surface area contributed by atoms with Crippen LogP contribution in [0.25, 0.3) is 0 Å². The largest absolute Gasteiger partial charge is 0.407 e. The van der Waals surface area contributed by atoms with Crippen molar-refractivity contribution in [1.29, 1.82) is 0 Å². The maximum Gasteiger partial charge on any atom is 0.334 e. The molecule has 18 heavy (non-hydrogen) atoms. The monoisotopic (exact) mass is 264 g/mol. The van der Waals surface area contributed by atoms with Crippen LogP contribution < -0.4 is 0 Å². The molecule has 0 saturated heterocycles. The van der Waals surface area contributed by atoms with E-state index in [1.54, 1.807) is 0 Å². The van der Waals surface area contributed by atoms with Crippen molar-refractivity contribution in [2.75, 3.05) is 33.0 Å². The van der Waals surface area contributed by atoms with Crippen LogP contribution in [0, 0.1) is 0 Å². The third-order valence-electron chi connectivity index (χ3n) is 1.17. The Morgan fingerprint density at radius 2 is 1.72 bits per heavy atom. The van der Waals surface area contributed by atoms with Gasteiger partial charge >= 0.3 is 12.4 Å². The number of hydrogen-bond acceptors (Lipinski definition) is 7. The van der Waals surface area contributed by atoms with Crippen LogP contribution in [0.15, 0.2) is 25.3 Å². The van der Waals surface area contributed by atoms with Crippen molar-refractivity contribution >= 4 is 5.97 Å². The van der Waals surface area contributed by atoms with Gasteiger partial charge in [-0.3, -0.25) is 0 Å². The molecule has 0 aliphatic rings. The van der Waals surface area contributed by atoms with Crippen molar-refractivity contribution < 1.29 is 34.3 Å². The van der Waals surface area contributed by atoms with E-state index < -0.39 is 12.4 Å². The molecule has 0 aromatic heterocycles. The molecule has 0 heterocycles. The van der Waals surface area contributed by atoms with Crippen LogP contribution in [-0.2, 0) is 19.0 Å². The highest BCUT2D eigenvalue weighted by Gasteiger charge is 2.12. The van der Waals surface area contributed by atoms with Gasteiger partial charge < -0.3 is 29.5 Å². The number of aliphatic hydroxyl groups is 3. The average Bonchev–Trinajstić information content (AvgIpc) is 2.41. The molecule has 0 bridgehead atoms. The van der Waals surface area contributed by atoms with E-state index in [0.717, 1.165) is 6.08 Å². The Morgan fingerprint density at radius 3 is 2.11 bits per heavy atom. The number of hydrogen-bond donors (Lipinski definition) is 3. The van der Waals surface area contributed by atoms with Gasteiger partial charge in [-0.25, -0.2) is 4.79 Å². The lowest BCUT2D eigenvalue weighted by Crippen LogP contribution is -2.25. The molecule has 3 N–H and O–H groups in total. The number of rotatable bonds is 9. The fourth-order valence-electron chi connectivity index (χ4n) is 0.555. The number of carbonyl (C=O) groups is 1. The Labute approximate surface area is 106 Å². The smallest absolute Gasteiger partial charge is 0.334 e. The van der Waals surface area contributed by atoms with E-state index in [4.69, 9.17) is 24.8 Å². The lowest BCUT2D eigenvalue weighted by Gasteiger charge is -2.16. The summed E-state index contributed by atoms with van der Waals surface area (Å²) < 4.78 is 14.4. The minimum Gasteiger partial charge on any atom is -0.407 e. The van der Waals surface area contributed by atoms with Crippen molar-refractivity contribution in [1.82, 2.24) is 0 Å². The number of esters is 1. The van der Waals surface area contributed by atoms with Crippen LogP contribution >= 0.6 is 0 Å². The van der Waals surface area contributed by atoms with Gasteiger partial charge in [0.25, 0.3) is 0 Å². The lowest BCUT2D eigenvalue weighted by atomic mass is 10.7. The van der Waals surface area contributed by atoms with Gasteiger partial charge in [0.15, 0.2) is 0 Å². The summed E-state index contributed by atoms with van der Waals surface area (Å²) >= 11 is 0. The summed E-state index contributed by atoms with van der Waals surface area (Å²) in [4.78, 5) is 10.8. The van der Waals surface area contributed by atoms with Crippen LogP contribution in [0.2, 0.25) is 0 Å². The standard InChI is InChI=1S/C9H14O5.C2H6O2/c1-3-6-12-9(13-7-5-10)14-8(11)4-2;3-1-2-4/h3-4,9-10H,1-2,5-7H2;3-4H,1-2H2. The van der Waals surface area contributed by atoms with Gasteiger partial charge in [0.1, 0.15) is 0 Å². The number of carbonyl (C=O) groups excluding carboxylic acids is 1. The Balaban J connectivity index is 0. The Bertz CT molecular complexity index is 215. The van der Waals surface area contributed by atoms with Gasteiger partial charge in [0.05, 0.1) is 33.0 Å². The zero-order chi connectivity index (χ0) is 14.2. The number of ether oxygens (including phenoxy) is 3. The van der Waals surface area contributed by atoms with Gasteiger partial charge in [0.2, 0.25) is 0 Å². The molecule has 0 aromatic carbocycles. The zero-order valence-electron chi connectivity index (χ0n) is 10.2. The Kier molecular flexibility index (Phi) is 16.7. The van der Waals surface area contributed by atoms with Crippen molar-refractivity contribution in [2.45, 2.75) is 6.48 Å². The summed E-state index contributed by atoms with van der Waals surface area (Å²) in [5.74, 6) is -0.656. The van der Waals surface area contributed by atoms with Crippen molar-refractivity contribution in [3.63, 3.8) is 0 Å². The molecule has 1 atom stereocenters. The minimum absolute atomic E-state index is 0.0201. The van der Waals surface area contributed by atoms with E-state index in [1.807, 2.05) is 0 Å². The molecule has 0 aromatic rings. The number of aliphatic hydroxyl groups excluding tert-OH is 3. The van der Waals surface area contributed by atoms with Crippen LogP contribution in [0.1, 0.15) is 0 Å². The zero-order valence-corrected chi connectivity index (χ0v) is 10.2. The second-order valence-corrected chi connectivity index (χ2v) is 2.59. The summed E-state index contributed by atoms with van der Waals surface area (Å²) in [5.41, 5.74) is 0. The van der Waals surface area contributed by atoms with Crippen molar-refractivity contribution in [3.05, 3.63) is 25.3 Å². The molecular weight excluding hydrogens is 244 g/mol. The van der Waals surface area contributed by atoms with Crippen molar-refractivity contribution in [3.8, 4) is 0 Å². The van der Waals surface area contributed by atoms with Crippen LogP contribution in [-0.4, -0.2) is 60.8 Å². The molecule has 0 fully saturated rings. The SMILES string of the molecule is C=CCOC(OCCO)OC(=O)C=C.OCCO. The molecule has 0 aliphatic carbocycles. The molecule has 0 spiro atoms. The predicted octanol–water partition coefficient (Wildman–Crippen LogP) is -0.818. The predicted molar refractivity (Wildman–Crippen MR) is 63.4 cm³/mol. The quantitative estimate of drug-likeness (QED) is 0.216. The second-order valence-electron chi connectivity index (χ2n) is 2.59. The highest BCUT2D eigenvalue weighted by atomic mass is 16.9. The topological polar surface area (TPSA) is 105 Å². The normalized spacial score (nSPS) is 10.8. The molecular formula is C11H20O7. The third-order valence-corrected chi connectivity index (χ3v) is 1.17. The van der Waals surface area contributed by atoms with Gasteiger partial charge in [0, 0.05) is 6.08 Å². The fourth-order valence-corrected chi connectivity index (χ4v) is 0.555. The summed E-state index contributed by atoms with van der Waals surface area (Å²) in [6, 6.07) is 0. The first kappa shape index (κ1) is 19.1. The molecule has 7 nitrogen and oxygen atoms in total. The molecule has 0 saturated carbocycles. The minimum atomic E-state index is -1.13.